The third kappa shape index (κ3) is 3.28. The highest BCUT2D eigenvalue weighted by Gasteiger charge is 2.04. The second-order valence-corrected chi connectivity index (χ2v) is 4.43. The molecule has 5 nitrogen and oxygen atoms in total. The third-order valence-corrected chi connectivity index (χ3v) is 2.59. The van der Waals surface area contributed by atoms with Gasteiger partial charge in [-0.2, -0.15) is 0 Å². The van der Waals surface area contributed by atoms with Crippen LogP contribution in [-0.4, -0.2) is 30.2 Å². The van der Waals surface area contributed by atoms with E-state index in [1.807, 2.05) is 55.4 Å². The van der Waals surface area contributed by atoms with Gasteiger partial charge in [0.25, 0.3) is 0 Å². The fourth-order valence-electron chi connectivity index (χ4n) is 1.68. The van der Waals surface area contributed by atoms with Gasteiger partial charge in [-0.25, -0.2) is 0 Å². The highest BCUT2D eigenvalue weighted by atomic mass is 16.1. The van der Waals surface area contributed by atoms with E-state index in [-0.39, 0.29) is 5.91 Å². The van der Waals surface area contributed by atoms with E-state index in [0.717, 1.165) is 22.8 Å². The first-order valence-electron chi connectivity index (χ1n) is 5.95. The van der Waals surface area contributed by atoms with Crippen molar-refractivity contribution in [3.05, 3.63) is 36.4 Å². The Morgan fingerprint density at radius 3 is 2.53 bits per heavy atom. The summed E-state index contributed by atoms with van der Waals surface area (Å²) in [6.07, 6.45) is 0. The van der Waals surface area contributed by atoms with Gasteiger partial charge < -0.3 is 10.2 Å². The molecule has 1 N–H and O–H groups in total. The summed E-state index contributed by atoms with van der Waals surface area (Å²) in [5.74, 6) is 0.716. The molecule has 0 aliphatic carbocycles. The van der Waals surface area contributed by atoms with Crippen LogP contribution in [0.15, 0.2) is 36.4 Å². The minimum absolute atomic E-state index is 0.0915. The van der Waals surface area contributed by atoms with E-state index in [1.54, 1.807) is 0 Å². The van der Waals surface area contributed by atoms with Gasteiger partial charge in [0.2, 0.25) is 5.91 Å². The van der Waals surface area contributed by atoms with E-state index in [0.29, 0.717) is 0 Å². The van der Waals surface area contributed by atoms with Crippen LogP contribution in [0.4, 0.5) is 11.5 Å². The summed E-state index contributed by atoms with van der Waals surface area (Å²) in [6.45, 7) is 1.48. The normalized spacial score (nSPS) is 10.1. The van der Waals surface area contributed by atoms with Gasteiger partial charge in [-0.15, -0.1) is 10.2 Å². The fourth-order valence-corrected chi connectivity index (χ4v) is 1.68. The van der Waals surface area contributed by atoms with E-state index < -0.39 is 0 Å². The van der Waals surface area contributed by atoms with Crippen LogP contribution in [0.5, 0.6) is 0 Å². The van der Waals surface area contributed by atoms with Crippen LogP contribution in [0.1, 0.15) is 6.92 Å². The number of carbonyl (C=O) groups excluding carboxylic acids is 1. The molecule has 0 fully saturated rings. The molecule has 2 aromatic rings. The van der Waals surface area contributed by atoms with Crippen molar-refractivity contribution in [3.8, 4) is 11.3 Å². The van der Waals surface area contributed by atoms with E-state index in [2.05, 4.69) is 15.5 Å². The Morgan fingerprint density at radius 2 is 1.95 bits per heavy atom. The quantitative estimate of drug-likeness (QED) is 0.914. The maximum absolute atomic E-state index is 11.0. The number of rotatable bonds is 3. The van der Waals surface area contributed by atoms with Crippen LogP contribution in [0.3, 0.4) is 0 Å². The van der Waals surface area contributed by atoms with Crippen LogP contribution in [0.2, 0.25) is 0 Å². The Morgan fingerprint density at radius 1 is 1.16 bits per heavy atom. The summed E-state index contributed by atoms with van der Waals surface area (Å²) in [6, 6.07) is 11.3. The maximum atomic E-state index is 11.0. The molecule has 0 aliphatic heterocycles. The Balaban J connectivity index is 2.28. The van der Waals surface area contributed by atoms with Gasteiger partial charge in [-0.3, -0.25) is 4.79 Å². The van der Waals surface area contributed by atoms with Gasteiger partial charge in [0.05, 0.1) is 5.69 Å². The van der Waals surface area contributed by atoms with Crippen molar-refractivity contribution in [2.45, 2.75) is 6.92 Å². The van der Waals surface area contributed by atoms with Crippen molar-refractivity contribution in [2.24, 2.45) is 0 Å². The van der Waals surface area contributed by atoms with Crippen LogP contribution in [0.25, 0.3) is 11.3 Å². The molecule has 19 heavy (non-hydrogen) atoms. The van der Waals surface area contributed by atoms with E-state index in [9.17, 15) is 4.79 Å². The van der Waals surface area contributed by atoms with Crippen molar-refractivity contribution < 1.29 is 4.79 Å². The number of hydrogen-bond donors (Lipinski definition) is 1. The number of amides is 1. The number of benzene rings is 1. The first-order valence-corrected chi connectivity index (χ1v) is 5.95. The molecular formula is C14H16N4O. The number of carbonyl (C=O) groups is 1. The van der Waals surface area contributed by atoms with E-state index in [1.165, 1.54) is 6.92 Å². The topological polar surface area (TPSA) is 58.1 Å². The monoisotopic (exact) mass is 256 g/mol. The minimum Gasteiger partial charge on any atom is -0.361 e. The summed E-state index contributed by atoms with van der Waals surface area (Å²) >= 11 is 0. The fraction of sp³-hybridized carbons (Fsp3) is 0.214. The molecule has 0 radical (unpaired) electrons. The summed E-state index contributed by atoms with van der Waals surface area (Å²) < 4.78 is 0. The van der Waals surface area contributed by atoms with Crippen LogP contribution in [0, 0.1) is 0 Å². The van der Waals surface area contributed by atoms with Gasteiger partial charge in [-0.1, -0.05) is 12.1 Å². The van der Waals surface area contributed by atoms with E-state index >= 15 is 0 Å². The molecule has 0 atom stereocenters. The van der Waals surface area contributed by atoms with Gasteiger partial charge >= 0.3 is 0 Å². The van der Waals surface area contributed by atoms with Gasteiger partial charge in [-0.05, 0) is 24.3 Å². The molecule has 0 aliphatic rings. The summed E-state index contributed by atoms with van der Waals surface area (Å²) in [5, 5.41) is 11.1. The Kier molecular flexibility index (Phi) is 3.75. The van der Waals surface area contributed by atoms with Crippen molar-refractivity contribution in [1.29, 1.82) is 0 Å². The van der Waals surface area contributed by atoms with Crippen molar-refractivity contribution >= 4 is 17.4 Å². The number of aromatic nitrogens is 2. The van der Waals surface area contributed by atoms with Crippen molar-refractivity contribution in [2.75, 3.05) is 24.3 Å². The lowest BCUT2D eigenvalue weighted by atomic mass is 10.1. The van der Waals surface area contributed by atoms with Gasteiger partial charge in [0.1, 0.15) is 0 Å². The summed E-state index contributed by atoms with van der Waals surface area (Å²) in [7, 11) is 3.84. The first kappa shape index (κ1) is 13.0. The molecule has 0 bridgehead atoms. The molecule has 0 unspecified atom stereocenters. The molecule has 1 aromatic carbocycles. The Hall–Kier alpha value is -2.43. The predicted octanol–water partition coefficient (Wildman–Crippen LogP) is 2.17. The molecule has 98 valence electrons. The zero-order valence-electron chi connectivity index (χ0n) is 11.2. The molecule has 1 heterocycles. The Bertz CT molecular complexity index is 578. The minimum atomic E-state index is -0.0915. The number of nitrogens with zero attached hydrogens (tertiary/aromatic N) is 3. The third-order valence-electron chi connectivity index (χ3n) is 2.59. The zero-order chi connectivity index (χ0) is 13.8. The van der Waals surface area contributed by atoms with Crippen LogP contribution >= 0.6 is 0 Å². The van der Waals surface area contributed by atoms with Gasteiger partial charge in [0.15, 0.2) is 5.82 Å². The molecule has 1 aromatic heterocycles. The summed E-state index contributed by atoms with van der Waals surface area (Å²) in [5.41, 5.74) is 2.45. The van der Waals surface area contributed by atoms with E-state index in [4.69, 9.17) is 0 Å². The SMILES string of the molecule is CC(=O)Nc1cccc(-c2ccc(N(C)C)nn2)c1. The lowest BCUT2D eigenvalue weighted by Crippen LogP contribution is -2.11. The number of nitrogens with one attached hydrogen (secondary N) is 1. The number of anilines is 2. The lowest BCUT2D eigenvalue weighted by Gasteiger charge is -2.10. The molecule has 2 rings (SSSR count). The van der Waals surface area contributed by atoms with Crippen LogP contribution < -0.4 is 10.2 Å². The van der Waals surface area contributed by atoms with Crippen molar-refractivity contribution in [1.82, 2.24) is 10.2 Å². The average molecular weight is 256 g/mol. The zero-order valence-corrected chi connectivity index (χ0v) is 11.2. The standard InChI is InChI=1S/C14H16N4O/c1-10(19)15-12-6-4-5-11(9-12)13-7-8-14(17-16-13)18(2)3/h4-9H,1-3H3,(H,15,19). The highest BCUT2D eigenvalue weighted by molar-refractivity contribution is 5.89. The average Bonchev–Trinajstić information content (AvgIpc) is 2.38. The molecule has 5 heteroatoms. The van der Waals surface area contributed by atoms with Gasteiger partial charge in [0, 0.05) is 32.3 Å². The van der Waals surface area contributed by atoms with Crippen molar-refractivity contribution in [3.63, 3.8) is 0 Å². The van der Waals surface area contributed by atoms with Crippen LogP contribution in [-0.2, 0) is 4.79 Å². The largest absolute Gasteiger partial charge is 0.361 e. The highest BCUT2D eigenvalue weighted by Crippen LogP contribution is 2.21. The Labute approximate surface area is 112 Å². The summed E-state index contributed by atoms with van der Waals surface area (Å²) in [4.78, 5) is 12.9. The molecule has 1 amide bonds. The number of hydrogen-bond acceptors (Lipinski definition) is 4. The molecule has 0 spiro atoms. The smallest absolute Gasteiger partial charge is 0.221 e. The second-order valence-electron chi connectivity index (χ2n) is 4.43. The predicted molar refractivity (Wildman–Crippen MR) is 76.1 cm³/mol. The molecular weight excluding hydrogens is 240 g/mol. The molecule has 0 saturated heterocycles. The maximum Gasteiger partial charge on any atom is 0.221 e. The second kappa shape index (κ2) is 5.48. The molecule has 0 saturated carbocycles. The lowest BCUT2D eigenvalue weighted by molar-refractivity contribution is -0.114. The first-order chi connectivity index (χ1) is 9.06.